The smallest absolute Gasteiger partial charge is 0.221 e. The summed E-state index contributed by atoms with van der Waals surface area (Å²) >= 11 is 0. The molecule has 0 aliphatic heterocycles. The summed E-state index contributed by atoms with van der Waals surface area (Å²) in [5.74, 6) is 0.826. The molecule has 1 rings (SSSR count). The molecular formula is C8H8O+. The van der Waals surface area contributed by atoms with E-state index in [0.29, 0.717) is 0 Å². The molecule has 0 saturated carbocycles. The maximum absolute atomic E-state index is 4.97. The molecule has 0 spiro atoms. The molecule has 0 saturated heterocycles. The Bertz CT molecular complexity index is 189. The molecule has 0 amide bonds. The minimum absolute atomic E-state index is 0.826. The Morgan fingerprint density at radius 2 is 1.89 bits per heavy atom. The Hall–Kier alpha value is -1.11. The quantitative estimate of drug-likeness (QED) is 0.396. The van der Waals surface area contributed by atoms with Crippen molar-refractivity contribution in [2.45, 2.75) is 0 Å². The van der Waals surface area contributed by atoms with Crippen LogP contribution in [0.25, 0.3) is 0 Å². The molecule has 0 aliphatic carbocycles. The van der Waals surface area contributed by atoms with Gasteiger partial charge in [0.2, 0.25) is 0 Å². The number of aldehydes is 1. The second-order valence-electron chi connectivity index (χ2n) is 1.60. The normalized spacial score (nSPS) is 10.3. The largest absolute Gasteiger partial charge is 0.352 e. The lowest BCUT2D eigenvalue weighted by atomic mass is 10.3. The summed E-state index contributed by atoms with van der Waals surface area (Å²) in [6.07, 6.45) is 1.41. The van der Waals surface area contributed by atoms with Crippen molar-refractivity contribution in [3.8, 4) is 5.75 Å². The first-order valence-corrected chi connectivity index (χ1v) is 2.76. The number of carbonyl (C=O) groups excluding carboxylic acids is 1. The molecule has 9 heavy (non-hydrogen) atoms. The van der Waals surface area contributed by atoms with E-state index in [1.54, 1.807) is 0 Å². The highest BCUT2D eigenvalue weighted by molar-refractivity contribution is 5.55. The van der Waals surface area contributed by atoms with E-state index in [4.69, 9.17) is 4.42 Å². The van der Waals surface area contributed by atoms with Crippen LogP contribution in [0.4, 0.5) is 0 Å². The fraction of sp³-hybridized carbons (Fsp3) is 0. The maximum Gasteiger partial charge on any atom is 0.352 e. The lowest BCUT2D eigenvalue weighted by Crippen LogP contribution is -1.66. The van der Waals surface area contributed by atoms with E-state index >= 15 is 0 Å². The monoisotopic (exact) mass is 120 g/mol. The highest BCUT2D eigenvalue weighted by atomic mass is 16.4. The molecule has 0 heterocycles. The van der Waals surface area contributed by atoms with Gasteiger partial charge in [0.15, 0.2) is 0 Å². The van der Waals surface area contributed by atoms with Gasteiger partial charge in [-0.05, 0) is 0 Å². The first-order valence-electron chi connectivity index (χ1n) is 2.76. The lowest BCUT2D eigenvalue weighted by Gasteiger charge is -1.75. The molecule has 1 aromatic carbocycles. The molecule has 0 aliphatic rings. The molecule has 0 unspecified atom stereocenters. The SMILES string of the molecule is [CH2]C=[O+]c1ccccc1. The summed E-state index contributed by atoms with van der Waals surface area (Å²) in [6.45, 7) is 3.43. The van der Waals surface area contributed by atoms with Crippen molar-refractivity contribution >= 4 is 6.29 Å². The molecular weight excluding hydrogens is 112 g/mol. The van der Waals surface area contributed by atoms with Crippen LogP contribution in [-0.2, 0) is 4.42 Å². The molecule has 1 nitrogen and oxygen atoms in total. The summed E-state index contributed by atoms with van der Waals surface area (Å²) in [5, 5.41) is 0. The zero-order valence-electron chi connectivity index (χ0n) is 5.08. The Kier molecular flexibility index (Phi) is 2.02. The van der Waals surface area contributed by atoms with Crippen LogP contribution in [0.15, 0.2) is 30.3 Å². The van der Waals surface area contributed by atoms with Gasteiger partial charge in [0.25, 0.3) is 6.29 Å². The summed E-state index contributed by atoms with van der Waals surface area (Å²) in [7, 11) is 0. The van der Waals surface area contributed by atoms with Gasteiger partial charge < -0.3 is 0 Å². The number of para-hydroxylation sites is 1. The number of benzene rings is 1. The van der Waals surface area contributed by atoms with Crippen molar-refractivity contribution in [1.29, 1.82) is 0 Å². The van der Waals surface area contributed by atoms with Gasteiger partial charge in [-0.1, -0.05) is 18.2 Å². The fourth-order valence-corrected chi connectivity index (χ4v) is 0.595. The van der Waals surface area contributed by atoms with Crippen LogP contribution < -0.4 is 0 Å². The van der Waals surface area contributed by atoms with Gasteiger partial charge in [0.1, 0.15) is 0 Å². The molecule has 0 bridgehead atoms. The Morgan fingerprint density at radius 1 is 1.22 bits per heavy atom. The van der Waals surface area contributed by atoms with Crippen molar-refractivity contribution in [3.05, 3.63) is 37.3 Å². The molecule has 0 fully saturated rings. The minimum atomic E-state index is 0.826. The predicted octanol–water partition coefficient (Wildman–Crippen LogP) is 1.97. The topological polar surface area (TPSA) is 11.3 Å². The third kappa shape index (κ3) is 1.68. The fourth-order valence-electron chi connectivity index (χ4n) is 0.595. The van der Waals surface area contributed by atoms with Gasteiger partial charge in [0, 0.05) is 12.1 Å². The van der Waals surface area contributed by atoms with Crippen molar-refractivity contribution in [2.24, 2.45) is 0 Å². The minimum Gasteiger partial charge on any atom is -0.221 e. The second-order valence-corrected chi connectivity index (χ2v) is 1.60. The zero-order chi connectivity index (χ0) is 6.53. The van der Waals surface area contributed by atoms with E-state index in [9.17, 15) is 0 Å². The second kappa shape index (κ2) is 3.02. The highest BCUT2D eigenvalue weighted by Crippen LogP contribution is 2.06. The molecule has 0 N–H and O–H groups in total. The van der Waals surface area contributed by atoms with Crippen molar-refractivity contribution in [3.63, 3.8) is 0 Å². The van der Waals surface area contributed by atoms with Crippen LogP contribution in [0.1, 0.15) is 0 Å². The molecule has 45 valence electrons. The molecule has 0 aromatic heterocycles. The third-order valence-corrected chi connectivity index (χ3v) is 0.963. The average molecular weight is 120 g/mol. The Morgan fingerprint density at radius 3 is 2.44 bits per heavy atom. The molecule has 0 atom stereocenters. The van der Waals surface area contributed by atoms with Gasteiger partial charge in [0.05, 0.1) is 6.92 Å². The summed E-state index contributed by atoms with van der Waals surface area (Å²) in [5.41, 5.74) is 0. The van der Waals surface area contributed by atoms with E-state index in [0.717, 1.165) is 5.75 Å². The highest BCUT2D eigenvalue weighted by Gasteiger charge is 1.93. The number of hydrogen-bond donors (Lipinski definition) is 0. The van der Waals surface area contributed by atoms with E-state index in [-0.39, 0.29) is 0 Å². The first-order chi connectivity index (χ1) is 4.43. The average Bonchev–Trinajstić information content (AvgIpc) is 1.91. The number of hydrogen-bond acceptors (Lipinski definition) is 0. The van der Waals surface area contributed by atoms with Crippen LogP contribution in [0.3, 0.4) is 0 Å². The lowest BCUT2D eigenvalue weighted by molar-refractivity contribution is -0.359. The van der Waals surface area contributed by atoms with Gasteiger partial charge in [-0.2, -0.15) is 0 Å². The van der Waals surface area contributed by atoms with Crippen LogP contribution >= 0.6 is 0 Å². The van der Waals surface area contributed by atoms with E-state index in [2.05, 4.69) is 6.92 Å². The first kappa shape index (κ1) is 6.02. The maximum atomic E-state index is 4.97. The van der Waals surface area contributed by atoms with E-state index in [1.165, 1.54) is 6.29 Å². The van der Waals surface area contributed by atoms with Gasteiger partial charge >= 0.3 is 5.75 Å². The van der Waals surface area contributed by atoms with Crippen LogP contribution in [0.2, 0.25) is 0 Å². The number of rotatable bonds is 1. The Balaban J connectivity index is 2.85. The third-order valence-electron chi connectivity index (χ3n) is 0.963. The Labute approximate surface area is 54.6 Å². The molecule has 1 heteroatoms. The van der Waals surface area contributed by atoms with Crippen molar-refractivity contribution in [1.82, 2.24) is 0 Å². The van der Waals surface area contributed by atoms with Gasteiger partial charge in [-0.25, -0.2) is 4.42 Å². The van der Waals surface area contributed by atoms with Gasteiger partial charge in [-0.3, -0.25) is 0 Å². The predicted molar refractivity (Wildman–Crippen MR) is 37.3 cm³/mol. The van der Waals surface area contributed by atoms with Crippen molar-refractivity contribution in [2.75, 3.05) is 0 Å². The zero-order valence-corrected chi connectivity index (χ0v) is 5.08. The van der Waals surface area contributed by atoms with E-state index < -0.39 is 0 Å². The standard InChI is InChI=1S/C8H8O/c1-2-9-8-6-4-3-5-7-8/h2-7H,1H2/q+1. The van der Waals surface area contributed by atoms with E-state index in [1.807, 2.05) is 30.3 Å². The van der Waals surface area contributed by atoms with Crippen LogP contribution in [-0.4, -0.2) is 6.29 Å². The molecule has 1 aromatic rings. The van der Waals surface area contributed by atoms with Gasteiger partial charge in [-0.15, -0.1) is 0 Å². The molecule has 1 radical (unpaired) electrons. The van der Waals surface area contributed by atoms with Crippen LogP contribution in [0.5, 0.6) is 5.75 Å². The van der Waals surface area contributed by atoms with Crippen LogP contribution in [0, 0.1) is 6.92 Å². The summed E-state index contributed by atoms with van der Waals surface area (Å²) in [6, 6.07) is 9.52. The summed E-state index contributed by atoms with van der Waals surface area (Å²) in [4.78, 5) is 0. The van der Waals surface area contributed by atoms with Crippen molar-refractivity contribution < 1.29 is 4.42 Å². The summed E-state index contributed by atoms with van der Waals surface area (Å²) < 4.78 is 4.97.